The molecule has 0 saturated carbocycles. The molecule has 2 amide bonds. The average molecular weight is 623 g/mol. The number of halogens is 3. The van der Waals surface area contributed by atoms with Gasteiger partial charge in [0.15, 0.2) is 0 Å². The van der Waals surface area contributed by atoms with Crippen molar-refractivity contribution in [3.63, 3.8) is 0 Å². The standard InChI is InChI=1S/C30H34Cl2FN3O4S/c1-5-21(4)34-30(38)27(6-2)35(18-22-13-16-24(31)25(32)17-22)29(37)19-36(28-10-8-7-9-26(28)33)41(39,40)23-14-11-20(3)12-15-23/h7-17,21,27H,5-6,18-19H2,1-4H3,(H,34,38)/t21-,27+/m1/s1. The van der Waals surface area contributed by atoms with Crippen molar-refractivity contribution in [3.05, 3.63) is 93.7 Å². The number of hydrogen-bond donors (Lipinski definition) is 1. The number of benzene rings is 3. The maximum absolute atomic E-state index is 15.0. The molecule has 41 heavy (non-hydrogen) atoms. The van der Waals surface area contributed by atoms with Crippen molar-refractivity contribution in [2.75, 3.05) is 10.8 Å². The van der Waals surface area contributed by atoms with Crippen LogP contribution in [-0.2, 0) is 26.2 Å². The lowest BCUT2D eigenvalue weighted by molar-refractivity contribution is -0.140. The molecule has 11 heteroatoms. The van der Waals surface area contributed by atoms with Crippen LogP contribution in [0.4, 0.5) is 10.1 Å². The molecule has 0 fully saturated rings. The van der Waals surface area contributed by atoms with Gasteiger partial charge in [-0.25, -0.2) is 12.8 Å². The van der Waals surface area contributed by atoms with Gasteiger partial charge in [0, 0.05) is 12.6 Å². The molecule has 3 aromatic carbocycles. The highest BCUT2D eigenvalue weighted by molar-refractivity contribution is 7.92. The van der Waals surface area contributed by atoms with Gasteiger partial charge in [-0.2, -0.15) is 0 Å². The minimum atomic E-state index is -4.38. The minimum absolute atomic E-state index is 0.0577. The van der Waals surface area contributed by atoms with Crippen LogP contribution in [0.25, 0.3) is 0 Å². The van der Waals surface area contributed by atoms with E-state index in [1.54, 1.807) is 37.3 Å². The third-order valence-electron chi connectivity index (χ3n) is 6.73. The quantitative estimate of drug-likeness (QED) is 0.255. The second kappa shape index (κ2) is 14.2. The molecule has 0 spiro atoms. The Hall–Kier alpha value is -3.14. The number of nitrogens with one attached hydrogen (secondary N) is 1. The van der Waals surface area contributed by atoms with E-state index in [9.17, 15) is 18.0 Å². The number of nitrogens with zero attached hydrogens (tertiary/aromatic N) is 2. The molecule has 0 radical (unpaired) electrons. The molecule has 0 heterocycles. The van der Waals surface area contributed by atoms with E-state index in [1.165, 1.54) is 35.2 Å². The van der Waals surface area contributed by atoms with Crippen molar-refractivity contribution in [1.82, 2.24) is 10.2 Å². The molecule has 2 atom stereocenters. The Labute approximate surface area is 251 Å². The van der Waals surface area contributed by atoms with Crippen LogP contribution in [0.5, 0.6) is 0 Å². The monoisotopic (exact) mass is 621 g/mol. The zero-order chi connectivity index (χ0) is 30.3. The van der Waals surface area contributed by atoms with E-state index in [0.717, 1.165) is 15.9 Å². The summed E-state index contributed by atoms with van der Waals surface area (Å²) in [6.45, 7) is 6.54. The number of hydrogen-bond acceptors (Lipinski definition) is 4. The lowest BCUT2D eigenvalue weighted by Gasteiger charge is -2.33. The topological polar surface area (TPSA) is 86.8 Å². The van der Waals surface area contributed by atoms with Gasteiger partial charge in [-0.05, 0) is 68.7 Å². The Bertz CT molecular complexity index is 1490. The zero-order valence-corrected chi connectivity index (χ0v) is 25.7. The Kier molecular flexibility index (Phi) is 11.2. The summed E-state index contributed by atoms with van der Waals surface area (Å²) >= 11 is 12.3. The third-order valence-corrected chi connectivity index (χ3v) is 9.25. The summed E-state index contributed by atoms with van der Waals surface area (Å²) in [5.41, 5.74) is 1.14. The number of anilines is 1. The molecule has 0 aliphatic carbocycles. The summed E-state index contributed by atoms with van der Waals surface area (Å²) in [5, 5.41) is 3.50. The first-order valence-corrected chi connectivity index (χ1v) is 15.5. The van der Waals surface area contributed by atoms with Crippen molar-refractivity contribution < 1.29 is 22.4 Å². The fraction of sp³-hybridized carbons (Fsp3) is 0.333. The Morgan fingerprint density at radius 2 is 1.61 bits per heavy atom. The van der Waals surface area contributed by atoms with E-state index in [4.69, 9.17) is 23.2 Å². The highest BCUT2D eigenvalue weighted by Crippen LogP contribution is 2.28. The van der Waals surface area contributed by atoms with E-state index in [1.807, 2.05) is 20.8 Å². The summed E-state index contributed by atoms with van der Waals surface area (Å²) in [7, 11) is -4.38. The van der Waals surface area contributed by atoms with Gasteiger partial charge < -0.3 is 10.2 Å². The molecule has 0 aliphatic rings. The van der Waals surface area contributed by atoms with Gasteiger partial charge in [-0.3, -0.25) is 13.9 Å². The molecule has 0 aliphatic heterocycles. The summed E-state index contributed by atoms with van der Waals surface area (Å²) in [5.74, 6) is -1.89. The number of amides is 2. The largest absolute Gasteiger partial charge is 0.352 e. The van der Waals surface area contributed by atoms with Crippen LogP contribution >= 0.6 is 23.2 Å². The van der Waals surface area contributed by atoms with E-state index >= 15 is 4.39 Å². The van der Waals surface area contributed by atoms with E-state index < -0.39 is 34.3 Å². The smallest absolute Gasteiger partial charge is 0.264 e. The van der Waals surface area contributed by atoms with Gasteiger partial charge in [0.05, 0.1) is 20.6 Å². The molecule has 0 bridgehead atoms. The number of aryl methyl sites for hydroxylation is 1. The van der Waals surface area contributed by atoms with Gasteiger partial charge >= 0.3 is 0 Å². The average Bonchev–Trinajstić information content (AvgIpc) is 2.94. The third kappa shape index (κ3) is 7.99. The maximum Gasteiger partial charge on any atom is 0.264 e. The fourth-order valence-electron chi connectivity index (χ4n) is 4.20. The molecule has 3 rings (SSSR count). The highest BCUT2D eigenvalue weighted by Gasteiger charge is 2.34. The second-order valence-electron chi connectivity index (χ2n) is 9.79. The lowest BCUT2D eigenvalue weighted by atomic mass is 10.1. The Balaban J connectivity index is 2.09. The van der Waals surface area contributed by atoms with Crippen LogP contribution in [-0.4, -0.2) is 43.8 Å². The number of para-hydroxylation sites is 1. The molecule has 1 N–H and O–H groups in total. The van der Waals surface area contributed by atoms with Gasteiger partial charge in [0.25, 0.3) is 10.0 Å². The van der Waals surface area contributed by atoms with E-state index in [0.29, 0.717) is 17.0 Å². The SMILES string of the molecule is CC[C@@H](C)NC(=O)[C@H](CC)N(Cc1ccc(Cl)c(Cl)c1)C(=O)CN(c1ccccc1F)S(=O)(=O)c1ccc(C)cc1. The van der Waals surface area contributed by atoms with Crippen molar-refractivity contribution >= 4 is 50.7 Å². The van der Waals surface area contributed by atoms with Crippen LogP contribution in [0, 0.1) is 12.7 Å². The van der Waals surface area contributed by atoms with Crippen LogP contribution < -0.4 is 9.62 Å². The van der Waals surface area contributed by atoms with E-state index in [2.05, 4.69) is 5.32 Å². The normalized spacial score (nSPS) is 12.9. The van der Waals surface area contributed by atoms with Gasteiger partial charge in [-0.1, -0.05) is 72.9 Å². The van der Waals surface area contributed by atoms with Gasteiger partial charge in [0.2, 0.25) is 11.8 Å². The van der Waals surface area contributed by atoms with Crippen molar-refractivity contribution in [1.29, 1.82) is 0 Å². The molecule has 7 nitrogen and oxygen atoms in total. The lowest BCUT2D eigenvalue weighted by Crippen LogP contribution is -2.53. The Morgan fingerprint density at radius 1 is 0.951 bits per heavy atom. The molecule has 0 aromatic heterocycles. The molecular weight excluding hydrogens is 588 g/mol. The predicted molar refractivity (Wildman–Crippen MR) is 161 cm³/mol. The molecular formula is C30H34Cl2FN3O4S. The van der Waals surface area contributed by atoms with Crippen molar-refractivity contribution in [3.8, 4) is 0 Å². The fourth-order valence-corrected chi connectivity index (χ4v) is 5.94. The van der Waals surface area contributed by atoms with Gasteiger partial charge in [0.1, 0.15) is 18.4 Å². The van der Waals surface area contributed by atoms with Crippen LogP contribution in [0.3, 0.4) is 0 Å². The summed E-state index contributed by atoms with van der Waals surface area (Å²) in [4.78, 5) is 28.6. The first-order valence-electron chi connectivity index (χ1n) is 13.3. The summed E-state index contributed by atoms with van der Waals surface area (Å²) < 4.78 is 43.4. The second-order valence-corrected chi connectivity index (χ2v) is 12.5. The minimum Gasteiger partial charge on any atom is -0.352 e. The van der Waals surface area contributed by atoms with Crippen LogP contribution in [0.15, 0.2) is 71.6 Å². The number of carbonyl (C=O) groups is 2. The summed E-state index contributed by atoms with van der Waals surface area (Å²) in [6, 6.07) is 15.2. The zero-order valence-electron chi connectivity index (χ0n) is 23.4. The first-order chi connectivity index (χ1) is 19.4. The Morgan fingerprint density at radius 3 is 2.20 bits per heavy atom. The van der Waals surface area contributed by atoms with Crippen molar-refractivity contribution in [2.45, 2.75) is 64.1 Å². The van der Waals surface area contributed by atoms with Crippen molar-refractivity contribution in [2.24, 2.45) is 0 Å². The maximum atomic E-state index is 15.0. The predicted octanol–water partition coefficient (Wildman–Crippen LogP) is 6.36. The number of sulfonamides is 1. The van der Waals surface area contributed by atoms with E-state index in [-0.39, 0.29) is 40.5 Å². The molecule has 220 valence electrons. The van der Waals surface area contributed by atoms with Crippen LogP contribution in [0.1, 0.15) is 44.7 Å². The number of rotatable bonds is 12. The first kappa shape index (κ1) is 32.4. The molecule has 0 unspecified atom stereocenters. The molecule has 0 saturated heterocycles. The number of carbonyl (C=O) groups excluding carboxylic acids is 2. The molecule has 3 aromatic rings. The van der Waals surface area contributed by atoms with Crippen LogP contribution in [0.2, 0.25) is 10.0 Å². The summed E-state index contributed by atoms with van der Waals surface area (Å²) in [6.07, 6.45) is 0.929. The highest BCUT2D eigenvalue weighted by atomic mass is 35.5. The van der Waals surface area contributed by atoms with Gasteiger partial charge in [-0.15, -0.1) is 0 Å².